The van der Waals surface area contributed by atoms with Crippen LogP contribution in [0.15, 0.2) is 42.5 Å². The summed E-state index contributed by atoms with van der Waals surface area (Å²) in [6.07, 6.45) is 0. The van der Waals surface area contributed by atoms with Gasteiger partial charge in [0, 0.05) is 5.92 Å². The minimum Gasteiger partial charge on any atom is -0.459 e. The number of aliphatic hydroxyl groups is 1. The van der Waals surface area contributed by atoms with E-state index >= 15 is 0 Å². The number of esters is 1. The fourth-order valence-electron chi connectivity index (χ4n) is 3.77. The van der Waals surface area contributed by atoms with Gasteiger partial charge in [0.05, 0.1) is 5.56 Å². The third-order valence-corrected chi connectivity index (χ3v) is 5.56. The van der Waals surface area contributed by atoms with Crippen LogP contribution in [0.5, 0.6) is 0 Å². The molecule has 1 aliphatic carbocycles. The molecule has 3 nitrogen and oxygen atoms in total. The van der Waals surface area contributed by atoms with Crippen LogP contribution in [0.25, 0.3) is 0 Å². The summed E-state index contributed by atoms with van der Waals surface area (Å²) in [5.41, 5.74) is 3.96. The molecule has 0 aromatic heterocycles. The highest BCUT2D eigenvalue weighted by atomic mass is 16.5. The lowest BCUT2D eigenvalue weighted by Crippen LogP contribution is -2.48. The fraction of sp³-hybridized carbons (Fsp3) is 0.435. The lowest BCUT2D eigenvalue weighted by atomic mass is 9.61. The van der Waals surface area contributed by atoms with Gasteiger partial charge in [-0.05, 0) is 46.2 Å². The zero-order valence-electron chi connectivity index (χ0n) is 16.2. The van der Waals surface area contributed by atoms with Crippen molar-refractivity contribution in [2.75, 3.05) is 6.61 Å². The van der Waals surface area contributed by atoms with Gasteiger partial charge in [0.25, 0.3) is 0 Å². The Morgan fingerprint density at radius 1 is 1.12 bits per heavy atom. The molecule has 2 aromatic carbocycles. The lowest BCUT2D eigenvalue weighted by Gasteiger charge is -2.47. The van der Waals surface area contributed by atoms with E-state index in [1.165, 1.54) is 11.1 Å². The molecule has 138 valence electrons. The van der Waals surface area contributed by atoms with Crippen molar-refractivity contribution in [2.45, 2.75) is 58.0 Å². The van der Waals surface area contributed by atoms with E-state index in [1.807, 2.05) is 13.0 Å². The van der Waals surface area contributed by atoms with Crippen LogP contribution in [-0.2, 0) is 10.3 Å². The quantitative estimate of drug-likeness (QED) is 0.762. The number of fused-ring (bicyclic) bond motifs is 1. The largest absolute Gasteiger partial charge is 0.459 e. The summed E-state index contributed by atoms with van der Waals surface area (Å²) in [6, 6.07) is 13.3. The van der Waals surface area contributed by atoms with E-state index in [2.05, 4.69) is 39.8 Å². The van der Waals surface area contributed by atoms with Crippen LogP contribution in [0.4, 0.5) is 0 Å². The molecule has 3 heteroatoms. The van der Waals surface area contributed by atoms with E-state index < -0.39 is 11.6 Å². The van der Waals surface area contributed by atoms with E-state index in [0.29, 0.717) is 17.4 Å². The number of benzene rings is 2. The molecule has 0 unspecified atom stereocenters. The molecule has 2 aromatic rings. The predicted octanol–water partition coefficient (Wildman–Crippen LogP) is 5.10. The highest BCUT2D eigenvalue weighted by molar-refractivity contribution is 5.89. The summed E-state index contributed by atoms with van der Waals surface area (Å²) < 4.78 is 5.49. The standard InChI is InChI=1S/C23H28O3/c1-14(2)18-11-19(15(3)4)21-20(12-18)16(5)23(21,25)13-26-22(24)17-9-7-6-8-10-17/h6-12,14-16,25H,13H2,1-5H3/t16-,23+/m1/s1. The van der Waals surface area contributed by atoms with E-state index in [1.54, 1.807) is 24.3 Å². The summed E-state index contributed by atoms with van der Waals surface area (Å²) in [5.74, 6) is 0.280. The van der Waals surface area contributed by atoms with Gasteiger partial charge in [-0.1, -0.05) is 65.0 Å². The number of hydrogen-bond acceptors (Lipinski definition) is 3. The Balaban J connectivity index is 1.89. The fourth-order valence-corrected chi connectivity index (χ4v) is 3.77. The average molecular weight is 352 g/mol. The number of carbonyl (C=O) groups is 1. The normalized spacial score (nSPS) is 21.5. The van der Waals surface area contributed by atoms with E-state index in [9.17, 15) is 9.90 Å². The van der Waals surface area contributed by atoms with Crippen LogP contribution in [0.2, 0.25) is 0 Å². The summed E-state index contributed by atoms with van der Waals surface area (Å²) >= 11 is 0. The molecule has 1 N–H and O–H groups in total. The molecular formula is C23H28O3. The van der Waals surface area contributed by atoms with Crippen LogP contribution < -0.4 is 0 Å². The van der Waals surface area contributed by atoms with Crippen molar-refractivity contribution in [1.29, 1.82) is 0 Å². The zero-order chi connectivity index (χ0) is 19.1. The number of carbonyl (C=O) groups excluding carboxylic acids is 1. The Labute approximate surface area is 156 Å². The van der Waals surface area contributed by atoms with Crippen molar-refractivity contribution in [3.05, 3.63) is 70.3 Å². The van der Waals surface area contributed by atoms with Crippen molar-refractivity contribution >= 4 is 5.97 Å². The maximum absolute atomic E-state index is 12.3. The molecule has 0 saturated carbocycles. The topological polar surface area (TPSA) is 46.5 Å². The van der Waals surface area contributed by atoms with Crippen LogP contribution in [-0.4, -0.2) is 17.7 Å². The minimum absolute atomic E-state index is 0.0182. The zero-order valence-corrected chi connectivity index (χ0v) is 16.2. The first-order valence-electron chi connectivity index (χ1n) is 9.38. The molecule has 0 heterocycles. The number of hydrogen-bond donors (Lipinski definition) is 1. The van der Waals surface area contributed by atoms with Crippen LogP contribution in [0.3, 0.4) is 0 Å². The van der Waals surface area contributed by atoms with Crippen molar-refractivity contribution in [3.8, 4) is 0 Å². The highest BCUT2D eigenvalue weighted by Gasteiger charge is 2.51. The Kier molecular flexibility index (Phi) is 4.94. The van der Waals surface area contributed by atoms with E-state index in [-0.39, 0.29) is 12.5 Å². The Bertz CT molecular complexity index is 808. The van der Waals surface area contributed by atoms with Gasteiger partial charge in [-0.2, -0.15) is 0 Å². The van der Waals surface area contributed by atoms with Gasteiger partial charge in [-0.25, -0.2) is 4.79 Å². The summed E-state index contributed by atoms with van der Waals surface area (Å²) in [4.78, 5) is 12.3. The molecule has 2 atom stereocenters. The molecule has 0 spiro atoms. The molecule has 0 bridgehead atoms. The molecule has 1 aliphatic rings. The van der Waals surface area contributed by atoms with Gasteiger partial charge in [-0.15, -0.1) is 0 Å². The third-order valence-electron chi connectivity index (χ3n) is 5.56. The Morgan fingerprint density at radius 2 is 1.77 bits per heavy atom. The second-order valence-corrected chi connectivity index (χ2v) is 7.97. The maximum Gasteiger partial charge on any atom is 0.338 e. The summed E-state index contributed by atoms with van der Waals surface area (Å²) in [7, 11) is 0. The highest BCUT2D eigenvalue weighted by Crippen LogP contribution is 2.53. The molecule has 0 aliphatic heterocycles. The minimum atomic E-state index is -1.12. The van der Waals surface area contributed by atoms with E-state index in [0.717, 1.165) is 11.1 Å². The molecule has 26 heavy (non-hydrogen) atoms. The molecule has 0 radical (unpaired) electrons. The van der Waals surface area contributed by atoms with Crippen LogP contribution in [0, 0.1) is 0 Å². The van der Waals surface area contributed by atoms with Gasteiger partial charge in [0.2, 0.25) is 0 Å². The second-order valence-electron chi connectivity index (χ2n) is 7.97. The molecule has 0 saturated heterocycles. The molecular weight excluding hydrogens is 324 g/mol. The van der Waals surface area contributed by atoms with Crippen molar-refractivity contribution in [2.24, 2.45) is 0 Å². The maximum atomic E-state index is 12.3. The second kappa shape index (κ2) is 6.88. The third kappa shape index (κ3) is 3.05. The molecule has 0 fully saturated rings. The first-order chi connectivity index (χ1) is 12.3. The van der Waals surface area contributed by atoms with E-state index in [4.69, 9.17) is 4.74 Å². The Hall–Kier alpha value is -2.13. The smallest absolute Gasteiger partial charge is 0.338 e. The summed E-state index contributed by atoms with van der Waals surface area (Å²) in [6.45, 7) is 10.6. The van der Waals surface area contributed by atoms with Gasteiger partial charge in [-0.3, -0.25) is 0 Å². The Morgan fingerprint density at radius 3 is 2.35 bits per heavy atom. The number of ether oxygens (including phenoxy) is 1. The summed E-state index contributed by atoms with van der Waals surface area (Å²) in [5, 5.41) is 11.3. The first kappa shape index (κ1) is 18.7. The van der Waals surface area contributed by atoms with Gasteiger partial charge >= 0.3 is 5.97 Å². The van der Waals surface area contributed by atoms with Crippen molar-refractivity contribution in [1.82, 2.24) is 0 Å². The number of rotatable bonds is 5. The van der Waals surface area contributed by atoms with Crippen molar-refractivity contribution < 1.29 is 14.6 Å². The lowest BCUT2D eigenvalue weighted by molar-refractivity contribution is -0.0708. The molecule has 0 amide bonds. The van der Waals surface area contributed by atoms with Crippen LogP contribution >= 0.6 is 0 Å². The average Bonchev–Trinajstić information content (AvgIpc) is 2.64. The SMILES string of the molecule is CC(C)c1cc(C(C)C)c2c(c1)[C@@H](C)[C@@]2(O)COC(=O)c1ccccc1. The predicted molar refractivity (Wildman–Crippen MR) is 104 cm³/mol. The monoisotopic (exact) mass is 352 g/mol. The molecule has 3 rings (SSSR count). The first-order valence-corrected chi connectivity index (χ1v) is 9.38. The van der Waals surface area contributed by atoms with Crippen LogP contribution in [0.1, 0.15) is 85.0 Å². The van der Waals surface area contributed by atoms with Gasteiger partial charge in [0.1, 0.15) is 12.2 Å². The van der Waals surface area contributed by atoms with Gasteiger partial charge in [0.15, 0.2) is 0 Å². The van der Waals surface area contributed by atoms with Gasteiger partial charge < -0.3 is 9.84 Å². The van der Waals surface area contributed by atoms with Crippen molar-refractivity contribution in [3.63, 3.8) is 0 Å².